The van der Waals surface area contributed by atoms with E-state index in [1.807, 2.05) is 32.6 Å². The number of rotatable bonds is 4. The molecule has 0 bridgehead atoms. The summed E-state index contributed by atoms with van der Waals surface area (Å²) in [4.78, 5) is 22.7. The van der Waals surface area contributed by atoms with Crippen LogP contribution in [0.2, 0.25) is 0 Å². The van der Waals surface area contributed by atoms with Crippen molar-refractivity contribution in [1.82, 2.24) is 14.9 Å². The lowest BCUT2D eigenvalue weighted by Gasteiger charge is -2.34. The first-order valence-corrected chi connectivity index (χ1v) is 10.3. The monoisotopic (exact) mass is 377 g/mol. The van der Waals surface area contributed by atoms with Gasteiger partial charge < -0.3 is 14.2 Å². The van der Waals surface area contributed by atoms with Crippen molar-refractivity contribution in [2.24, 2.45) is 0 Å². The van der Waals surface area contributed by atoms with Gasteiger partial charge in [-0.3, -0.25) is 4.79 Å². The number of hydrogen-bond donors (Lipinski definition) is 0. The molecule has 142 valence electrons. The fourth-order valence-electron chi connectivity index (χ4n) is 3.26. The molecule has 8 heteroatoms. The Morgan fingerprint density at radius 3 is 2.42 bits per heavy atom. The highest BCUT2D eigenvalue weighted by Gasteiger charge is 2.51. The maximum absolute atomic E-state index is 11.8. The molecule has 0 saturated carbocycles. The number of hydrogen-bond acceptors (Lipinski definition) is 6. The highest BCUT2D eigenvalue weighted by Crippen LogP contribution is 2.36. The van der Waals surface area contributed by atoms with E-state index in [9.17, 15) is 4.79 Å². The Balaban J connectivity index is 1.59. The summed E-state index contributed by atoms with van der Waals surface area (Å²) < 4.78 is 12.1. The zero-order chi connectivity index (χ0) is 18.9. The van der Waals surface area contributed by atoms with Crippen LogP contribution in [0.1, 0.15) is 53.9 Å². The summed E-state index contributed by atoms with van der Waals surface area (Å²) in [7, 11) is -0.439. The van der Waals surface area contributed by atoms with Crippen molar-refractivity contribution in [2.45, 2.75) is 76.3 Å². The molecule has 3 heterocycles. The maximum Gasteiger partial charge on any atom is 0.498 e. The van der Waals surface area contributed by atoms with Gasteiger partial charge in [0.15, 0.2) is 5.16 Å². The van der Waals surface area contributed by atoms with E-state index in [0.717, 1.165) is 35.8 Å². The van der Waals surface area contributed by atoms with Crippen LogP contribution < -0.4 is 5.46 Å². The first-order valence-electron chi connectivity index (χ1n) is 9.27. The topological polar surface area (TPSA) is 64.6 Å². The van der Waals surface area contributed by atoms with Gasteiger partial charge in [0, 0.05) is 43.1 Å². The molecule has 1 aromatic rings. The Bertz CT molecular complexity index is 638. The molecular weight excluding hydrogens is 349 g/mol. The average molecular weight is 377 g/mol. The lowest BCUT2D eigenvalue weighted by Crippen LogP contribution is -2.43. The van der Waals surface area contributed by atoms with Crippen LogP contribution >= 0.6 is 11.8 Å². The highest BCUT2D eigenvalue weighted by atomic mass is 32.2. The normalized spacial score (nSPS) is 24.7. The Morgan fingerprint density at radius 1 is 1.23 bits per heavy atom. The van der Waals surface area contributed by atoms with Crippen LogP contribution in [0.3, 0.4) is 0 Å². The Kier molecular flexibility index (Phi) is 5.65. The van der Waals surface area contributed by atoms with Crippen LogP contribution in [0.4, 0.5) is 0 Å². The fraction of sp³-hybridized carbons (Fsp3) is 0.722. The van der Waals surface area contributed by atoms with Gasteiger partial charge in [-0.15, -0.1) is 0 Å². The number of carbonyl (C=O) groups excluding carboxylic acids is 1. The molecule has 0 unspecified atom stereocenters. The lowest BCUT2D eigenvalue weighted by atomic mass is 9.81. The number of likely N-dealkylation sites (tertiary alicyclic amines) is 1. The van der Waals surface area contributed by atoms with E-state index in [1.165, 1.54) is 6.42 Å². The van der Waals surface area contributed by atoms with E-state index < -0.39 is 7.12 Å². The number of piperidine rings is 1. The summed E-state index contributed by atoms with van der Waals surface area (Å²) in [6.45, 7) is 10.6. The molecule has 26 heavy (non-hydrogen) atoms. The molecule has 1 atom stereocenters. The third kappa shape index (κ3) is 4.07. The second-order valence-corrected chi connectivity index (χ2v) is 9.05. The number of thioether (sulfide) groups is 1. The van der Waals surface area contributed by atoms with E-state index in [0.29, 0.717) is 0 Å². The van der Waals surface area contributed by atoms with Crippen LogP contribution in [0.5, 0.6) is 0 Å². The summed E-state index contributed by atoms with van der Waals surface area (Å²) in [5, 5.41) is 0.722. The molecular formula is C18H28BN3O3S. The van der Waals surface area contributed by atoms with E-state index in [4.69, 9.17) is 9.31 Å². The Labute approximate surface area is 160 Å². The van der Waals surface area contributed by atoms with E-state index in [-0.39, 0.29) is 23.2 Å². The molecule has 1 amide bonds. The third-order valence-corrected chi connectivity index (χ3v) is 6.63. The molecule has 0 aliphatic carbocycles. The smallest absolute Gasteiger partial charge is 0.399 e. The summed E-state index contributed by atoms with van der Waals surface area (Å²) in [5.41, 5.74) is 0.0841. The van der Waals surface area contributed by atoms with Gasteiger partial charge in [-0.05, 0) is 47.0 Å². The standard InChI is InChI=1S/C18H28BN3O3S/c1-13(23)22-9-7-6-8-15(22)12-26-16-20-10-14(11-21-16)19-24-17(2,3)18(4,5)25-19/h10-11,15H,6-9,12H2,1-5H3/t15-/m1/s1. The van der Waals surface area contributed by atoms with Gasteiger partial charge in [-0.2, -0.15) is 0 Å². The first kappa shape index (κ1) is 19.6. The molecule has 2 saturated heterocycles. The van der Waals surface area contributed by atoms with Gasteiger partial charge in [-0.1, -0.05) is 11.8 Å². The average Bonchev–Trinajstić information content (AvgIpc) is 2.81. The van der Waals surface area contributed by atoms with Crippen molar-refractivity contribution in [1.29, 1.82) is 0 Å². The molecule has 0 spiro atoms. The quantitative estimate of drug-likeness (QED) is 0.456. The highest BCUT2D eigenvalue weighted by molar-refractivity contribution is 7.99. The minimum atomic E-state index is -0.439. The predicted molar refractivity (Wildman–Crippen MR) is 103 cm³/mol. The van der Waals surface area contributed by atoms with Crippen molar-refractivity contribution < 1.29 is 14.1 Å². The molecule has 2 aliphatic rings. The van der Waals surface area contributed by atoms with Gasteiger partial charge in [-0.25, -0.2) is 9.97 Å². The molecule has 0 radical (unpaired) electrons. The van der Waals surface area contributed by atoms with Gasteiger partial charge in [0.1, 0.15) is 0 Å². The number of carbonyl (C=O) groups is 1. The third-order valence-electron chi connectivity index (χ3n) is 5.61. The molecule has 0 aromatic carbocycles. The van der Waals surface area contributed by atoms with Crippen LogP contribution in [0, 0.1) is 0 Å². The lowest BCUT2D eigenvalue weighted by molar-refractivity contribution is -0.131. The second-order valence-electron chi connectivity index (χ2n) is 8.06. The molecule has 0 N–H and O–H groups in total. The van der Waals surface area contributed by atoms with Gasteiger partial charge in [0.25, 0.3) is 0 Å². The van der Waals surface area contributed by atoms with Crippen LogP contribution in [-0.4, -0.2) is 57.4 Å². The van der Waals surface area contributed by atoms with Crippen molar-refractivity contribution in [3.05, 3.63) is 12.4 Å². The van der Waals surface area contributed by atoms with Gasteiger partial charge >= 0.3 is 7.12 Å². The van der Waals surface area contributed by atoms with Crippen molar-refractivity contribution in [3.8, 4) is 0 Å². The fourth-order valence-corrected chi connectivity index (χ4v) is 4.20. The second kappa shape index (κ2) is 7.48. The zero-order valence-electron chi connectivity index (χ0n) is 16.3. The maximum atomic E-state index is 11.8. The van der Waals surface area contributed by atoms with Crippen LogP contribution in [0.15, 0.2) is 17.6 Å². The van der Waals surface area contributed by atoms with E-state index in [2.05, 4.69) is 9.97 Å². The SMILES string of the molecule is CC(=O)N1CCCC[C@@H]1CSc1ncc(B2OC(C)(C)C(C)(C)O2)cn1. The molecule has 1 aromatic heterocycles. The summed E-state index contributed by atoms with van der Waals surface area (Å²) >= 11 is 1.60. The van der Waals surface area contributed by atoms with Crippen molar-refractivity contribution >= 4 is 30.3 Å². The summed E-state index contributed by atoms with van der Waals surface area (Å²) in [5.74, 6) is 0.988. The minimum absolute atomic E-state index is 0.160. The molecule has 6 nitrogen and oxygen atoms in total. The molecule has 3 rings (SSSR count). The Hall–Kier alpha value is -1.12. The summed E-state index contributed by atoms with van der Waals surface area (Å²) in [6, 6.07) is 0.276. The first-order chi connectivity index (χ1) is 12.2. The number of aromatic nitrogens is 2. The van der Waals surface area contributed by atoms with Crippen LogP contribution in [-0.2, 0) is 14.1 Å². The van der Waals surface area contributed by atoms with Gasteiger partial charge in [0.2, 0.25) is 5.91 Å². The largest absolute Gasteiger partial charge is 0.498 e. The zero-order valence-corrected chi connectivity index (χ0v) is 17.1. The molecule has 2 aliphatic heterocycles. The van der Waals surface area contributed by atoms with Crippen LogP contribution in [0.25, 0.3) is 0 Å². The Morgan fingerprint density at radius 2 is 1.85 bits per heavy atom. The van der Waals surface area contributed by atoms with E-state index >= 15 is 0 Å². The number of amides is 1. The summed E-state index contributed by atoms with van der Waals surface area (Å²) in [6.07, 6.45) is 6.89. The minimum Gasteiger partial charge on any atom is -0.399 e. The predicted octanol–water partition coefficient (Wildman–Crippen LogP) is 2.27. The van der Waals surface area contributed by atoms with E-state index in [1.54, 1.807) is 31.1 Å². The van der Waals surface area contributed by atoms with Gasteiger partial charge in [0.05, 0.1) is 11.2 Å². The van der Waals surface area contributed by atoms with Crippen molar-refractivity contribution in [3.63, 3.8) is 0 Å². The van der Waals surface area contributed by atoms with Crippen molar-refractivity contribution in [2.75, 3.05) is 12.3 Å². The number of nitrogens with zero attached hydrogens (tertiary/aromatic N) is 3. The molecule has 2 fully saturated rings.